The van der Waals surface area contributed by atoms with E-state index in [9.17, 15) is 13.2 Å². The van der Waals surface area contributed by atoms with Crippen LogP contribution in [0.1, 0.15) is 29.0 Å². The van der Waals surface area contributed by atoms with Gasteiger partial charge in [-0.1, -0.05) is 17.3 Å². The Morgan fingerprint density at radius 2 is 1.96 bits per heavy atom. The molecule has 9 heteroatoms. The highest BCUT2D eigenvalue weighted by Gasteiger charge is 2.41. The van der Waals surface area contributed by atoms with Gasteiger partial charge in [-0.15, -0.1) is 0 Å². The number of ether oxygens (including phenoxy) is 1. The minimum absolute atomic E-state index is 0.156. The highest BCUT2D eigenvalue weighted by atomic mass is 32.2. The zero-order chi connectivity index (χ0) is 19.2. The fourth-order valence-corrected chi connectivity index (χ4v) is 5.28. The van der Waals surface area contributed by atoms with E-state index in [0.717, 1.165) is 0 Å². The number of nitrogens with zero attached hydrogens (tertiary/aromatic N) is 3. The number of rotatable bonds is 1. The summed E-state index contributed by atoms with van der Waals surface area (Å²) in [6, 6.07) is 6.35. The minimum atomic E-state index is -3.65. The topological polar surface area (TPSA) is 93.0 Å². The minimum Gasteiger partial charge on any atom is -0.487 e. The van der Waals surface area contributed by atoms with Crippen molar-refractivity contribution < 1.29 is 22.5 Å². The number of aryl methyl sites for hydroxylation is 1. The number of likely N-dealkylation sites (N-methyl/N-ethyl adjacent to an activating group) is 1. The molecule has 0 bridgehead atoms. The summed E-state index contributed by atoms with van der Waals surface area (Å²) in [5.41, 5.74) is 0.435. The maximum absolute atomic E-state index is 13.0. The van der Waals surface area contributed by atoms with Crippen LogP contribution in [0.4, 0.5) is 0 Å². The van der Waals surface area contributed by atoms with E-state index in [1.807, 2.05) is 0 Å². The highest BCUT2D eigenvalue weighted by Crippen LogP contribution is 2.35. The Labute approximate surface area is 157 Å². The third-order valence-corrected chi connectivity index (χ3v) is 7.25. The van der Waals surface area contributed by atoms with Crippen LogP contribution in [-0.4, -0.2) is 61.0 Å². The number of sulfonamides is 1. The first kappa shape index (κ1) is 18.0. The van der Waals surface area contributed by atoms with Crippen molar-refractivity contribution >= 4 is 15.9 Å². The van der Waals surface area contributed by atoms with Crippen molar-refractivity contribution in [2.24, 2.45) is 0 Å². The number of aromatic nitrogens is 1. The van der Waals surface area contributed by atoms with Gasteiger partial charge in [-0.2, -0.15) is 4.31 Å². The van der Waals surface area contributed by atoms with Gasteiger partial charge in [0.25, 0.3) is 5.91 Å². The van der Waals surface area contributed by atoms with Gasteiger partial charge in [0.2, 0.25) is 10.0 Å². The van der Waals surface area contributed by atoms with Gasteiger partial charge in [0.1, 0.15) is 28.1 Å². The van der Waals surface area contributed by atoms with E-state index in [-0.39, 0.29) is 22.9 Å². The van der Waals surface area contributed by atoms with Crippen molar-refractivity contribution in [3.63, 3.8) is 0 Å². The molecule has 0 unspecified atom stereocenters. The smallest absolute Gasteiger partial charge is 0.259 e. The summed E-state index contributed by atoms with van der Waals surface area (Å²) in [4.78, 5) is 14.7. The Bertz CT molecular complexity index is 971. The van der Waals surface area contributed by atoms with Gasteiger partial charge in [0.05, 0.1) is 12.2 Å². The summed E-state index contributed by atoms with van der Waals surface area (Å²) < 4.78 is 38.4. The number of fused-ring (bicyclic) bond motifs is 2. The molecule has 0 saturated carbocycles. The molecule has 1 aromatic carbocycles. The molecule has 8 nitrogen and oxygen atoms in total. The number of amides is 1. The monoisotopic (exact) mass is 391 g/mol. The Morgan fingerprint density at radius 1 is 1.22 bits per heavy atom. The molecule has 2 aliphatic heterocycles. The summed E-state index contributed by atoms with van der Waals surface area (Å²) in [6.45, 7) is 2.60. The molecule has 1 amide bonds. The average molecular weight is 391 g/mol. The molecule has 27 heavy (non-hydrogen) atoms. The van der Waals surface area contributed by atoms with E-state index in [1.165, 1.54) is 10.5 Å². The number of benzene rings is 1. The first-order valence-corrected chi connectivity index (χ1v) is 10.3. The lowest BCUT2D eigenvalue weighted by molar-refractivity contribution is 0.0753. The van der Waals surface area contributed by atoms with Crippen LogP contribution in [0.5, 0.6) is 5.75 Å². The van der Waals surface area contributed by atoms with Gasteiger partial charge in [0, 0.05) is 26.6 Å². The second-order valence-electron chi connectivity index (χ2n) is 6.86. The first-order chi connectivity index (χ1) is 12.9. The van der Waals surface area contributed by atoms with Crippen LogP contribution in [0.15, 0.2) is 39.9 Å². The van der Waals surface area contributed by atoms with Crippen LogP contribution in [0.3, 0.4) is 0 Å². The number of hydrogen-bond acceptors (Lipinski definition) is 6. The van der Waals surface area contributed by atoms with Gasteiger partial charge in [0.15, 0.2) is 0 Å². The van der Waals surface area contributed by atoms with Crippen molar-refractivity contribution in [2.45, 2.75) is 36.8 Å². The molecule has 0 spiro atoms. The number of carbonyl (C=O) groups excluding carboxylic acids is 1. The molecule has 1 aromatic heterocycles. The van der Waals surface area contributed by atoms with Crippen LogP contribution in [0.2, 0.25) is 0 Å². The van der Waals surface area contributed by atoms with Crippen LogP contribution in [0.25, 0.3) is 0 Å². The molecule has 0 N–H and O–H groups in total. The van der Waals surface area contributed by atoms with Gasteiger partial charge in [-0.05, 0) is 25.5 Å². The van der Waals surface area contributed by atoms with Crippen LogP contribution >= 0.6 is 0 Å². The van der Waals surface area contributed by atoms with Crippen molar-refractivity contribution in [3.05, 3.63) is 41.8 Å². The third-order valence-electron chi connectivity index (χ3n) is 5.33. The van der Waals surface area contributed by atoms with Gasteiger partial charge in [-0.25, -0.2) is 8.42 Å². The quantitative estimate of drug-likeness (QED) is 0.734. The van der Waals surface area contributed by atoms with Crippen LogP contribution in [0, 0.1) is 6.92 Å². The Kier molecular flexibility index (Phi) is 4.43. The Morgan fingerprint density at radius 3 is 2.70 bits per heavy atom. The molecule has 144 valence electrons. The normalized spacial score (nSPS) is 24.9. The molecule has 4 rings (SSSR count). The van der Waals surface area contributed by atoms with Gasteiger partial charge in [-0.3, -0.25) is 4.79 Å². The predicted molar refractivity (Wildman–Crippen MR) is 96.0 cm³/mol. The summed E-state index contributed by atoms with van der Waals surface area (Å²) in [5, 5.41) is 3.67. The Hall–Kier alpha value is -2.39. The molecular weight excluding hydrogens is 370 g/mol. The molecular formula is C18H21N3O5S. The lowest BCUT2D eigenvalue weighted by Crippen LogP contribution is -2.44. The molecule has 2 aliphatic rings. The second-order valence-corrected chi connectivity index (χ2v) is 8.82. The molecule has 2 atom stereocenters. The second kappa shape index (κ2) is 6.65. The van der Waals surface area contributed by atoms with E-state index in [0.29, 0.717) is 43.0 Å². The Balaban J connectivity index is 1.62. The van der Waals surface area contributed by atoms with Crippen molar-refractivity contribution in [1.29, 1.82) is 0 Å². The van der Waals surface area contributed by atoms with Crippen molar-refractivity contribution in [1.82, 2.24) is 14.4 Å². The SMILES string of the molecule is Cc1oncc1C(=O)N1CC[C@@H]2Oc3ccccc3S(=O)(=O)N(C)[C@H]2CC1. The van der Waals surface area contributed by atoms with E-state index in [4.69, 9.17) is 9.26 Å². The molecule has 0 aliphatic carbocycles. The number of para-hydroxylation sites is 1. The fourth-order valence-electron chi connectivity index (χ4n) is 3.75. The summed E-state index contributed by atoms with van der Waals surface area (Å²) >= 11 is 0. The number of hydrogen-bond donors (Lipinski definition) is 0. The molecule has 2 aromatic rings. The predicted octanol–water partition coefficient (Wildman–Crippen LogP) is 1.67. The molecule has 0 radical (unpaired) electrons. The van der Waals surface area contributed by atoms with E-state index in [2.05, 4.69) is 5.16 Å². The number of carbonyl (C=O) groups is 1. The van der Waals surface area contributed by atoms with E-state index < -0.39 is 10.0 Å². The molecule has 1 fully saturated rings. The van der Waals surface area contributed by atoms with E-state index in [1.54, 1.807) is 43.1 Å². The van der Waals surface area contributed by atoms with Crippen LogP contribution < -0.4 is 4.74 Å². The third kappa shape index (κ3) is 3.00. The first-order valence-electron chi connectivity index (χ1n) is 8.84. The van der Waals surface area contributed by atoms with Crippen molar-refractivity contribution in [2.75, 3.05) is 20.1 Å². The zero-order valence-electron chi connectivity index (χ0n) is 15.2. The fraction of sp³-hybridized carbons (Fsp3) is 0.444. The van der Waals surface area contributed by atoms with Crippen LogP contribution in [-0.2, 0) is 10.0 Å². The van der Waals surface area contributed by atoms with Gasteiger partial charge >= 0.3 is 0 Å². The standard InChI is InChI=1S/C18H21N3O5S/c1-12-13(11-19-26-12)18(22)21-9-7-14-15(8-10-21)25-16-5-3-4-6-17(16)27(23,24)20(14)2/h3-6,11,14-15H,7-10H2,1-2H3/t14-,15-/m0/s1. The largest absolute Gasteiger partial charge is 0.487 e. The average Bonchev–Trinajstić information content (AvgIpc) is 2.94. The molecule has 1 saturated heterocycles. The maximum atomic E-state index is 13.0. The molecule has 3 heterocycles. The lowest BCUT2D eigenvalue weighted by atomic mass is 10.1. The number of likely N-dealkylation sites (tertiary alicyclic amines) is 1. The summed E-state index contributed by atoms with van der Waals surface area (Å²) in [6.07, 6.45) is 2.12. The summed E-state index contributed by atoms with van der Waals surface area (Å²) in [7, 11) is -2.07. The van der Waals surface area contributed by atoms with E-state index >= 15 is 0 Å². The lowest BCUT2D eigenvalue weighted by Gasteiger charge is -2.28. The summed E-state index contributed by atoms with van der Waals surface area (Å²) in [5.74, 6) is 0.686. The van der Waals surface area contributed by atoms with Gasteiger partial charge < -0.3 is 14.2 Å². The van der Waals surface area contributed by atoms with Crippen molar-refractivity contribution in [3.8, 4) is 5.75 Å². The zero-order valence-corrected chi connectivity index (χ0v) is 16.0. The highest BCUT2D eigenvalue weighted by molar-refractivity contribution is 7.89. The maximum Gasteiger partial charge on any atom is 0.259 e.